The number of likely N-dealkylation sites (tertiary alicyclic amines) is 4. The molecule has 6 N–H and O–H groups in total. The van der Waals surface area contributed by atoms with E-state index in [1.165, 1.54) is 40.9 Å². The molecule has 13 atom stereocenters. The number of imidazole rings is 2. The Morgan fingerprint density at radius 1 is 0.460 bits per heavy atom. The number of H-pyrrole nitrogens is 2. The van der Waals surface area contributed by atoms with E-state index in [-0.39, 0.29) is 78.3 Å². The SMILES string of the molecule is COC(=O)NC(C(=O)N1[C@@H](C)CC[C@H]1c1ncc(-c2ccc3c(c2)COc2cc4c5c(ccc4cc2-3)N=C([C@@H]2CC[C@H](C)N2C(=O)[C@@H](NC(=O)OC)C(C)C)C5)[nH]1)[C@@H](C)OC.COC(=O)N[C@H](C(=O)O)[C@@H](C)OC.C[C@H]1CC[C@@H](C2=Nc3ccc4cc5c(cc4c3C2)OCc2cc(-c3cnc([C@@H]4CC[C@H](C)N4C(=O)OC(C)(C)C)[nH]3)ccc2-5)N1C(=O)OC(C)(C)C. The van der Waals surface area contributed by atoms with Gasteiger partial charge in [-0.2, -0.15) is 0 Å². The normalized spacial score (nSPS) is 21.3. The van der Waals surface area contributed by atoms with Crippen molar-refractivity contribution in [1.29, 1.82) is 0 Å². The quantitative estimate of drug-likeness (QED) is 0.0461. The molecule has 670 valence electrons. The number of fused-ring (bicyclic) bond motifs is 12. The Hall–Kier alpha value is -12.1. The topological polar surface area (TPSA) is 371 Å². The van der Waals surface area contributed by atoms with Crippen molar-refractivity contribution < 1.29 is 86.1 Å². The minimum Gasteiger partial charge on any atom is -0.488 e. The van der Waals surface area contributed by atoms with Crippen LogP contribution < -0.4 is 25.4 Å². The number of aromatic nitrogens is 4. The van der Waals surface area contributed by atoms with E-state index in [4.69, 9.17) is 63.0 Å². The van der Waals surface area contributed by atoms with E-state index in [0.717, 1.165) is 182 Å². The first-order valence-electron chi connectivity index (χ1n) is 43.4. The van der Waals surface area contributed by atoms with Gasteiger partial charge in [0.25, 0.3) is 0 Å². The second-order valence-electron chi connectivity index (χ2n) is 36.4. The van der Waals surface area contributed by atoms with Crippen LogP contribution in [0.4, 0.5) is 35.3 Å². The Labute approximate surface area is 733 Å². The molecule has 31 nitrogen and oxygen atoms in total. The lowest BCUT2D eigenvalue weighted by atomic mass is 9.90. The van der Waals surface area contributed by atoms with Gasteiger partial charge in [0.1, 0.15) is 59.6 Å². The van der Waals surface area contributed by atoms with E-state index in [2.05, 4.69) is 136 Å². The molecule has 8 aromatic rings. The third kappa shape index (κ3) is 18.6. The molecule has 0 spiro atoms. The van der Waals surface area contributed by atoms with Gasteiger partial charge < -0.3 is 83.5 Å². The average Bonchev–Trinajstić information content (AvgIpc) is 1.53. The van der Waals surface area contributed by atoms with Crippen molar-refractivity contribution >= 4 is 92.6 Å². The first-order valence-corrected chi connectivity index (χ1v) is 43.4. The van der Waals surface area contributed by atoms with Gasteiger partial charge in [0.2, 0.25) is 11.8 Å². The summed E-state index contributed by atoms with van der Waals surface area (Å²) < 4.78 is 48.5. The van der Waals surface area contributed by atoms with Crippen molar-refractivity contribution in [3.05, 3.63) is 131 Å². The lowest BCUT2D eigenvalue weighted by molar-refractivity contribution is -0.142. The van der Waals surface area contributed by atoms with Gasteiger partial charge in [-0.05, 0) is 255 Å². The molecule has 2 aromatic heterocycles. The fourth-order valence-electron chi connectivity index (χ4n) is 18.6. The summed E-state index contributed by atoms with van der Waals surface area (Å²) in [4.78, 5) is 134. The third-order valence-corrected chi connectivity index (χ3v) is 25.3. The van der Waals surface area contributed by atoms with Gasteiger partial charge in [-0.3, -0.25) is 29.4 Å². The number of carboxylic acid groups (broad SMARTS) is 1. The van der Waals surface area contributed by atoms with E-state index >= 15 is 0 Å². The summed E-state index contributed by atoms with van der Waals surface area (Å²) in [6.45, 7) is 27.6. The first-order chi connectivity index (χ1) is 60.0. The second kappa shape index (κ2) is 36.8. The number of nitrogens with zero attached hydrogens (tertiary/aromatic N) is 8. The fraction of sp³-hybridized carbons (Fsp3) is 0.495. The van der Waals surface area contributed by atoms with Crippen LogP contribution in [0.15, 0.2) is 107 Å². The van der Waals surface area contributed by atoms with Gasteiger partial charge in [0.15, 0.2) is 6.04 Å². The summed E-state index contributed by atoms with van der Waals surface area (Å²) in [5.74, 6) is 1.47. The van der Waals surface area contributed by atoms with Crippen LogP contribution in [0.5, 0.6) is 11.5 Å². The molecule has 31 heteroatoms. The molecule has 6 aromatic carbocycles. The Balaban J connectivity index is 0.000000181. The summed E-state index contributed by atoms with van der Waals surface area (Å²) in [7, 11) is 6.59. The molecule has 126 heavy (non-hydrogen) atoms. The number of ether oxygens (including phenoxy) is 9. The monoisotopic (exact) mass is 1730 g/mol. The lowest BCUT2D eigenvalue weighted by Gasteiger charge is -2.33. The molecule has 10 heterocycles. The van der Waals surface area contributed by atoms with Crippen molar-refractivity contribution in [3.8, 4) is 56.3 Å². The molecule has 0 saturated carbocycles. The number of hydrogen-bond acceptors (Lipinski definition) is 21. The van der Waals surface area contributed by atoms with Crippen molar-refractivity contribution in [2.45, 2.75) is 264 Å². The maximum atomic E-state index is 14.0. The zero-order valence-electron chi connectivity index (χ0n) is 75.3. The summed E-state index contributed by atoms with van der Waals surface area (Å²) in [5, 5.41) is 20.6. The Morgan fingerprint density at radius 2 is 0.833 bits per heavy atom. The Bertz CT molecular complexity index is 5590. The van der Waals surface area contributed by atoms with Gasteiger partial charge in [-0.15, -0.1) is 0 Å². The molecule has 4 saturated heterocycles. The zero-order valence-corrected chi connectivity index (χ0v) is 75.3. The molecular formula is C95H117N13O18. The summed E-state index contributed by atoms with van der Waals surface area (Å²) >= 11 is 0. The molecule has 0 radical (unpaired) electrons. The average molecular weight is 1730 g/mol. The van der Waals surface area contributed by atoms with Crippen molar-refractivity contribution in [1.82, 2.24) is 55.5 Å². The van der Waals surface area contributed by atoms with Crippen LogP contribution in [0.3, 0.4) is 0 Å². The van der Waals surface area contributed by atoms with Crippen LogP contribution in [0.2, 0.25) is 0 Å². The highest BCUT2D eigenvalue weighted by Gasteiger charge is 2.47. The van der Waals surface area contributed by atoms with Crippen LogP contribution in [-0.4, -0.2) is 218 Å². The molecule has 7 amide bonds. The number of aliphatic imine (C=N–C) groups is 2. The van der Waals surface area contributed by atoms with Crippen LogP contribution in [0, 0.1) is 5.92 Å². The minimum atomic E-state index is -1.17. The number of aromatic amines is 2. The summed E-state index contributed by atoms with van der Waals surface area (Å²) in [6, 6.07) is 26.6. The number of carboxylic acids is 1. The van der Waals surface area contributed by atoms with Crippen LogP contribution in [-0.2, 0) is 73.6 Å². The van der Waals surface area contributed by atoms with Crippen molar-refractivity contribution in [2.24, 2.45) is 15.9 Å². The highest BCUT2D eigenvalue weighted by Crippen LogP contribution is 2.49. The highest BCUT2D eigenvalue weighted by atomic mass is 16.6. The number of rotatable bonds is 17. The Kier molecular flexibility index (Phi) is 26.3. The Morgan fingerprint density at radius 3 is 1.25 bits per heavy atom. The molecule has 0 aliphatic carbocycles. The second-order valence-corrected chi connectivity index (χ2v) is 36.4. The fourth-order valence-corrected chi connectivity index (χ4v) is 18.6. The number of aliphatic carboxylic acids is 1. The van der Waals surface area contributed by atoms with Crippen LogP contribution in [0.25, 0.3) is 66.3 Å². The van der Waals surface area contributed by atoms with Crippen LogP contribution >= 0.6 is 0 Å². The third-order valence-electron chi connectivity index (χ3n) is 25.3. The molecule has 4 fully saturated rings. The van der Waals surface area contributed by atoms with Gasteiger partial charge in [-0.25, -0.2) is 38.7 Å². The number of carbonyl (C=O) groups is 8. The molecule has 8 aliphatic rings. The molecule has 1 unspecified atom stereocenters. The number of benzene rings is 6. The minimum absolute atomic E-state index is 0.0105. The number of alkyl carbamates (subject to hydrolysis) is 3. The number of amides is 7. The summed E-state index contributed by atoms with van der Waals surface area (Å²) in [6.07, 6.45) is 7.81. The van der Waals surface area contributed by atoms with Gasteiger partial charge in [0, 0.05) is 73.8 Å². The van der Waals surface area contributed by atoms with Gasteiger partial charge in [-0.1, -0.05) is 50.2 Å². The van der Waals surface area contributed by atoms with Gasteiger partial charge >= 0.3 is 36.4 Å². The molecule has 0 bridgehead atoms. The predicted octanol–water partition coefficient (Wildman–Crippen LogP) is 16.5. The van der Waals surface area contributed by atoms with Crippen molar-refractivity contribution in [3.63, 3.8) is 0 Å². The maximum absolute atomic E-state index is 14.0. The largest absolute Gasteiger partial charge is 0.488 e. The maximum Gasteiger partial charge on any atom is 0.411 e. The zero-order chi connectivity index (χ0) is 90.4. The van der Waals surface area contributed by atoms with E-state index in [1.54, 1.807) is 18.0 Å². The molecule has 16 rings (SSSR count). The van der Waals surface area contributed by atoms with Gasteiger partial charge in [0.05, 0.1) is 92.9 Å². The lowest BCUT2D eigenvalue weighted by Crippen LogP contribution is -2.55. The van der Waals surface area contributed by atoms with Crippen molar-refractivity contribution in [2.75, 3.05) is 35.5 Å². The smallest absolute Gasteiger partial charge is 0.411 e. The number of carbonyl (C=O) groups excluding carboxylic acids is 7. The molecule has 8 aliphatic heterocycles. The number of nitrogens with one attached hydrogen (secondary N) is 5. The highest BCUT2D eigenvalue weighted by molar-refractivity contribution is 6.08. The molecular weight excluding hydrogens is 1610 g/mol. The van der Waals surface area contributed by atoms with E-state index in [9.17, 15) is 38.4 Å². The van der Waals surface area contributed by atoms with E-state index in [0.29, 0.717) is 31.9 Å². The van der Waals surface area contributed by atoms with Crippen LogP contribution in [0.1, 0.15) is 194 Å². The van der Waals surface area contributed by atoms with E-state index < -0.39 is 65.8 Å². The number of methoxy groups -OCH3 is 5. The number of hydrogen-bond donors (Lipinski definition) is 6. The predicted molar refractivity (Wildman–Crippen MR) is 475 cm³/mol. The first kappa shape index (κ1) is 90.1. The standard InChI is InChI=1S/C46H55N7O8.C42H49N5O5.C7H13NO5/c1-23(2)40(50-45(56)59-7)43(54)52-24(3)9-15-37(52)35-19-32-31-20-39-33(18-27(31)12-14-34(32)48-35)30-13-11-28(17-29(30)22-61-39)36-21-47-42(49-36)38-16-10-25(4)53(38)44(55)41(26(5)58-6)51-46(57)60-8;1-23-9-15-35(46(23)39(48)51-41(3,4)5)33-19-30-29-20-37-31(18-25(29)12-14-32(30)44-33)28-13-11-26(17-27(28)22-50-37)34-21-43-38(45-34)36-16-10-24(2)47(36)40(49)52-42(6,7)8;1-4(12-2)5(6(9)10)8-7(11)13-3/h11-14,17-18,20-21,23-26,37-38,40-41H,9-10,15-16,19,22H2,1-8H3,(H,47,49)(H,50,56)(H,51,57);11-14,17-18,20-21,23-24,35-36H,9-10,15-16,19,22H2,1-8H3,(H,43,45);4-5H,1-3H3,(H,8,11)(H,9,10)/t24-,25-,26+,37-,38-,40-,41?;23-,24-,35-,36-;4-,5+/m001/s1. The van der Waals surface area contributed by atoms with E-state index in [1.807, 2.05) is 83.2 Å². The summed E-state index contributed by atoms with van der Waals surface area (Å²) in [5.41, 5.74) is 15.2.